The molecule has 5 heteroatoms. The number of benzene rings is 1. The highest BCUT2D eigenvalue weighted by Crippen LogP contribution is 2.32. The number of aromatic nitrogens is 1. The van der Waals surface area contributed by atoms with Crippen LogP contribution in [0.1, 0.15) is 30.2 Å². The standard InChI is InChI=1S/C15H13Br2NO2/c16-10-7-13(17)14(18-8-10)15(19)9-2-1-3-12(6-9)20-11-4-5-11/h1-3,6-8,11,15,19H,4-5H2. The van der Waals surface area contributed by atoms with E-state index in [0.29, 0.717) is 11.8 Å². The minimum Gasteiger partial charge on any atom is -0.490 e. The molecule has 20 heavy (non-hydrogen) atoms. The molecule has 1 aliphatic carbocycles. The van der Waals surface area contributed by atoms with Crippen LogP contribution in [-0.4, -0.2) is 16.2 Å². The van der Waals surface area contributed by atoms with Gasteiger partial charge in [0.1, 0.15) is 11.9 Å². The zero-order valence-corrected chi connectivity index (χ0v) is 13.8. The van der Waals surface area contributed by atoms with Gasteiger partial charge in [0.15, 0.2) is 0 Å². The molecule has 2 aromatic rings. The second-order valence-electron chi connectivity index (χ2n) is 4.81. The van der Waals surface area contributed by atoms with Gasteiger partial charge in [-0.25, -0.2) is 0 Å². The molecule has 0 saturated heterocycles. The molecular weight excluding hydrogens is 386 g/mol. The molecule has 3 nitrogen and oxygen atoms in total. The summed E-state index contributed by atoms with van der Waals surface area (Å²) in [6.07, 6.45) is 3.48. The van der Waals surface area contributed by atoms with E-state index >= 15 is 0 Å². The average Bonchev–Trinajstić information content (AvgIpc) is 3.22. The molecule has 1 N–H and O–H groups in total. The number of aliphatic hydroxyl groups excluding tert-OH is 1. The summed E-state index contributed by atoms with van der Waals surface area (Å²) in [6.45, 7) is 0. The fourth-order valence-corrected chi connectivity index (χ4v) is 3.12. The maximum Gasteiger partial charge on any atom is 0.122 e. The summed E-state index contributed by atoms with van der Waals surface area (Å²) < 4.78 is 7.39. The van der Waals surface area contributed by atoms with Crippen molar-refractivity contribution in [2.75, 3.05) is 0 Å². The number of ether oxygens (including phenoxy) is 1. The predicted octanol–water partition coefficient (Wildman–Crippen LogP) is 4.23. The van der Waals surface area contributed by atoms with Crippen LogP contribution in [0.2, 0.25) is 0 Å². The smallest absolute Gasteiger partial charge is 0.122 e. The van der Waals surface area contributed by atoms with E-state index in [-0.39, 0.29) is 0 Å². The normalized spacial score (nSPS) is 15.9. The van der Waals surface area contributed by atoms with Gasteiger partial charge in [-0.05, 0) is 68.5 Å². The van der Waals surface area contributed by atoms with Crippen molar-refractivity contribution in [3.63, 3.8) is 0 Å². The Morgan fingerprint density at radius 2 is 2.05 bits per heavy atom. The summed E-state index contributed by atoms with van der Waals surface area (Å²) >= 11 is 6.78. The highest BCUT2D eigenvalue weighted by Gasteiger charge is 2.24. The lowest BCUT2D eigenvalue weighted by molar-refractivity contribution is 0.213. The summed E-state index contributed by atoms with van der Waals surface area (Å²) in [6, 6.07) is 9.43. The second-order valence-corrected chi connectivity index (χ2v) is 6.58. The van der Waals surface area contributed by atoms with Crippen molar-refractivity contribution in [3.05, 3.63) is 56.7 Å². The van der Waals surface area contributed by atoms with Crippen LogP contribution >= 0.6 is 31.9 Å². The molecule has 1 unspecified atom stereocenters. The van der Waals surface area contributed by atoms with Gasteiger partial charge < -0.3 is 9.84 Å². The highest BCUT2D eigenvalue weighted by atomic mass is 79.9. The van der Waals surface area contributed by atoms with Gasteiger partial charge in [0, 0.05) is 15.1 Å². The Kier molecular flexibility index (Phi) is 4.10. The Hall–Kier alpha value is -0.910. The molecule has 0 spiro atoms. The van der Waals surface area contributed by atoms with Gasteiger partial charge in [-0.1, -0.05) is 12.1 Å². The first kappa shape index (κ1) is 14.0. The third-order valence-corrected chi connectivity index (χ3v) is 4.17. The van der Waals surface area contributed by atoms with Crippen LogP contribution in [0.3, 0.4) is 0 Å². The first-order valence-corrected chi connectivity index (χ1v) is 7.98. The molecule has 3 rings (SSSR count). The van der Waals surface area contributed by atoms with Crippen LogP contribution in [0.5, 0.6) is 5.75 Å². The molecule has 1 heterocycles. The maximum atomic E-state index is 10.5. The van der Waals surface area contributed by atoms with E-state index in [9.17, 15) is 5.11 Å². The molecule has 1 aliphatic rings. The van der Waals surface area contributed by atoms with Crippen LogP contribution in [0.15, 0.2) is 45.5 Å². The van der Waals surface area contributed by atoms with Gasteiger partial charge in [0.25, 0.3) is 0 Å². The Morgan fingerprint density at radius 3 is 2.75 bits per heavy atom. The van der Waals surface area contributed by atoms with E-state index in [1.807, 2.05) is 30.3 Å². The Morgan fingerprint density at radius 1 is 1.25 bits per heavy atom. The topological polar surface area (TPSA) is 42.4 Å². The van der Waals surface area contributed by atoms with Crippen LogP contribution in [0, 0.1) is 0 Å². The van der Waals surface area contributed by atoms with Gasteiger partial charge in [0.05, 0.1) is 11.8 Å². The number of aliphatic hydroxyl groups is 1. The fourth-order valence-electron chi connectivity index (χ4n) is 1.92. The Bertz CT molecular complexity index is 629. The monoisotopic (exact) mass is 397 g/mol. The van der Waals surface area contributed by atoms with E-state index in [0.717, 1.165) is 33.1 Å². The van der Waals surface area contributed by atoms with Crippen molar-refractivity contribution in [3.8, 4) is 5.75 Å². The molecule has 1 fully saturated rings. The molecule has 0 aliphatic heterocycles. The van der Waals surface area contributed by atoms with E-state index in [1.165, 1.54) is 0 Å². The molecule has 0 radical (unpaired) electrons. The molecule has 1 saturated carbocycles. The third-order valence-electron chi connectivity index (χ3n) is 3.10. The van der Waals surface area contributed by atoms with Crippen LogP contribution in [-0.2, 0) is 0 Å². The zero-order valence-electron chi connectivity index (χ0n) is 10.6. The molecule has 0 amide bonds. The van der Waals surface area contributed by atoms with Crippen molar-refractivity contribution in [2.45, 2.75) is 25.0 Å². The van der Waals surface area contributed by atoms with Crippen molar-refractivity contribution < 1.29 is 9.84 Å². The minimum atomic E-state index is -0.778. The van der Waals surface area contributed by atoms with E-state index in [2.05, 4.69) is 36.8 Å². The van der Waals surface area contributed by atoms with Gasteiger partial charge in [0.2, 0.25) is 0 Å². The predicted molar refractivity (Wildman–Crippen MR) is 83.8 cm³/mol. The van der Waals surface area contributed by atoms with Crippen LogP contribution < -0.4 is 4.74 Å². The summed E-state index contributed by atoms with van der Waals surface area (Å²) in [5.41, 5.74) is 1.37. The Labute approximate surface area is 134 Å². The molecule has 1 aromatic carbocycles. The van der Waals surface area contributed by atoms with Crippen LogP contribution in [0.25, 0.3) is 0 Å². The highest BCUT2D eigenvalue weighted by molar-refractivity contribution is 9.11. The van der Waals surface area contributed by atoms with Gasteiger partial charge in [-0.2, -0.15) is 0 Å². The SMILES string of the molecule is OC(c1cccc(OC2CC2)c1)c1ncc(Br)cc1Br. The fraction of sp³-hybridized carbons (Fsp3) is 0.267. The number of rotatable bonds is 4. The molecule has 104 valence electrons. The first-order valence-electron chi connectivity index (χ1n) is 6.39. The van der Waals surface area contributed by atoms with E-state index in [4.69, 9.17) is 4.74 Å². The number of hydrogen-bond acceptors (Lipinski definition) is 3. The molecule has 1 aromatic heterocycles. The van der Waals surface area contributed by atoms with E-state index in [1.54, 1.807) is 6.20 Å². The molecular formula is C15H13Br2NO2. The van der Waals surface area contributed by atoms with Gasteiger partial charge in [-0.15, -0.1) is 0 Å². The summed E-state index contributed by atoms with van der Waals surface area (Å²) in [5, 5.41) is 10.5. The quantitative estimate of drug-likeness (QED) is 0.837. The second kappa shape index (κ2) is 5.84. The first-order chi connectivity index (χ1) is 9.63. The lowest BCUT2D eigenvalue weighted by Gasteiger charge is -2.14. The summed E-state index contributed by atoms with van der Waals surface area (Å²) in [4.78, 5) is 4.27. The van der Waals surface area contributed by atoms with E-state index < -0.39 is 6.10 Å². The lowest BCUT2D eigenvalue weighted by Crippen LogP contribution is -2.04. The Balaban J connectivity index is 1.86. The minimum absolute atomic E-state index is 0.347. The van der Waals surface area contributed by atoms with Crippen LogP contribution in [0.4, 0.5) is 0 Å². The van der Waals surface area contributed by atoms with Crippen molar-refractivity contribution >= 4 is 31.9 Å². The average molecular weight is 399 g/mol. The van der Waals surface area contributed by atoms with Crippen molar-refractivity contribution in [1.82, 2.24) is 4.98 Å². The van der Waals surface area contributed by atoms with Gasteiger partial charge in [-0.3, -0.25) is 4.98 Å². The lowest BCUT2D eigenvalue weighted by atomic mass is 10.1. The third kappa shape index (κ3) is 3.22. The number of hydrogen-bond donors (Lipinski definition) is 1. The molecule has 1 atom stereocenters. The zero-order chi connectivity index (χ0) is 14.1. The molecule has 0 bridgehead atoms. The maximum absolute atomic E-state index is 10.5. The van der Waals surface area contributed by atoms with Gasteiger partial charge >= 0.3 is 0 Å². The van der Waals surface area contributed by atoms with Crippen molar-refractivity contribution in [1.29, 1.82) is 0 Å². The number of pyridine rings is 1. The summed E-state index contributed by atoms with van der Waals surface area (Å²) in [7, 11) is 0. The largest absolute Gasteiger partial charge is 0.490 e. The summed E-state index contributed by atoms with van der Waals surface area (Å²) in [5.74, 6) is 0.803. The number of halogens is 2. The number of nitrogens with zero attached hydrogens (tertiary/aromatic N) is 1. The van der Waals surface area contributed by atoms with Crippen molar-refractivity contribution in [2.24, 2.45) is 0 Å².